The standard InChI is InChI=1S/C15H15ClN2O5/c1-8-6-13(18-23-8)17-14(19)9(2)22-15(20)11-7-10(16)4-5-12(11)21-3/h4-7,9H,1-3H3,(H,17,18,19)/t9-/m1/s1. The zero-order valence-corrected chi connectivity index (χ0v) is 13.5. The maximum atomic E-state index is 12.2. The van der Waals surface area contributed by atoms with Crippen LogP contribution in [0.5, 0.6) is 5.75 Å². The van der Waals surface area contributed by atoms with E-state index < -0.39 is 18.0 Å². The lowest BCUT2D eigenvalue weighted by Crippen LogP contribution is -2.30. The number of carbonyl (C=O) groups is 2. The van der Waals surface area contributed by atoms with Gasteiger partial charge < -0.3 is 19.3 Å². The first-order valence-corrected chi connectivity index (χ1v) is 7.07. The van der Waals surface area contributed by atoms with Crippen molar-refractivity contribution in [2.24, 2.45) is 0 Å². The lowest BCUT2D eigenvalue weighted by Gasteiger charge is -2.14. The SMILES string of the molecule is COc1ccc(Cl)cc1C(=O)O[C@H](C)C(=O)Nc1cc(C)on1. The average molecular weight is 339 g/mol. The number of hydrogen-bond donors (Lipinski definition) is 1. The fourth-order valence-corrected chi connectivity index (χ4v) is 1.94. The zero-order chi connectivity index (χ0) is 17.0. The van der Waals surface area contributed by atoms with E-state index in [1.165, 1.54) is 20.1 Å². The van der Waals surface area contributed by atoms with E-state index in [1.54, 1.807) is 25.1 Å². The average Bonchev–Trinajstić information content (AvgIpc) is 2.92. The number of halogens is 1. The molecule has 1 aromatic carbocycles. The molecule has 8 heteroatoms. The van der Waals surface area contributed by atoms with Gasteiger partial charge in [-0.25, -0.2) is 4.79 Å². The van der Waals surface area contributed by atoms with Crippen LogP contribution in [0.15, 0.2) is 28.8 Å². The van der Waals surface area contributed by atoms with E-state index in [1.807, 2.05) is 0 Å². The molecule has 1 N–H and O–H groups in total. The largest absolute Gasteiger partial charge is 0.496 e. The highest BCUT2D eigenvalue weighted by molar-refractivity contribution is 6.31. The smallest absolute Gasteiger partial charge is 0.342 e. The first-order chi connectivity index (χ1) is 10.9. The number of nitrogens with one attached hydrogen (secondary N) is 1. The molecule has 23 heavy (non-hydrogen) atoms. The number of esters is 1. The number of aromatic nitrogens is 1. The van der Waals surface area contributed by atoms with Crippen LogP contribution in [-0.2, 0) is 9.53 Å². The van der Waals surface area contributed by atoms with Crippen molar-refractivity contribution in [2.45, 2.75) is 20.0 Å². The summed E-state index contributed by atoms with van der Waals surface area (Å²) in [7, 11) is 1.42. The number of hydrogen-bond acceptors (Lipinski definition) is 6. The van der Waals surface area contributed by atoms with Gasteiger partial charge in [-0.05, 0) is 32.0 Å². The van der Waals surface area contributed by atoms with Crippen molar-refractivity contribution in [3.63, 3.8) is 0 Å². The van der Waals surface area contributed by atoms with Gasteiger partial charge >= 0.3 is 5.97 Å². The van der Waals surface area contributed by atoms with Crippen molar-refractivity contribution in [3.05, 3.63) is 40.6 Å². The fraction of sp³-hybridized carbons (Fsp3) is 0.267. The second-order valence-corrected chi connectivity index (χ2v) is 5.14. The molecule has 0 saturated carbocycles. The van der Waals surface area contributed by atoms with E-state index in [0.29, 0.717) is 16.5 Å². The minimum absolute atomic E-state index is 0.136. The first kappa shape index (κ1) is 16.8. The summed E-state index contributed by atoms with van der Waals surface area (Å²) in [6.07, 6.45) is -1.04. The predicted octanol–water partition coefficient (Wildman–Crippen LogP) is 2.83. The summed E-state index contributed by atoms with van der Waals surface area (Å²) in [5, 5.41) is 6.47. The molecular formula is C15H15ClN2O5. The normalized spacial score (nSPS) is 11.7. The van der Waals surface area contributed by atoms with E-state index in [9.17, 15) is 9.59 Å². The van der Waals surface area contributed by atoms with E-state index in [2.05, 4.69) is 10.5 Å². The van der Waals surface area contributed by atoms with Crippen LogP contribution in [0.4, 0.5) is 5.82 Å². The first-order valence-electron chi connectivity index (χ1n) is 6.69. The highest BCUT2D eigenvalue weighted by Gasteiger charge is 2.22. The number of carbonyl (C=O) groups excluding carboxylic acids is 2. The van der Waals surface area contributed by atoms with Crippen molar-refractivity contribution in [2.75, 3.05) is 12.4 Å². The van der Waals surface area contributed by atoms with Crippen LogP contribution in [0, 0.1) is 6.92 Å². The van der Waals surface area contributed by atoms with Gasteiger partial charge in [-0.15, -0.1) is 0 Å². The van der Waals surface area contributed by atoms with Crippen molar-refractivity contribution in [3.8, 4) is 5.75 Å². The molecule has 1 heterocycles. The second-order valence-electron chi connectivity index (χ2n) is 4.70. The third-order valence-corrected chi connectivity index (χ3v) is 3.15. The minimum atomic E-state index is -1.04. The number of benzene rings is 1. The quantitative estimate of drug-likeness (QED) is 0.843. The van der Waals surface area contributed by atoms with Gasteiger partial charge in [0.25, 0.3) is 5.91 Å². The molecule has 1 atom stereocenters. The molecule has 0 aliphatic rings. The van der Waals surface area contributed by atoms with Crippen molar-refractivity contribution in [1.29, 1.82) is 0 Å². The highest BCUT2D eigenvalue weighted by Crippen LogP contribution is 2.23. The lowest BCUT2D eigenvalue weighted by molar-refractivity contribution is -0.123. The molecule has 122 valence electrons. The van der Waals surface area contributed by atoms with Gasteiger partial charge in [-0.3, -0.25) is 4.79 Å². The Hall–Kier alpha value is -2.54. The molecule has 2 rings (SSSR count). The third kappa shape index (κ3) is 4.23. The van der Waals surface area contributed by atoms with Crippen LogP contribution in [0.25, 0.3) is 0 Å². The molecule has 0 spiro atoms. The van der Waals surface area contributed by atoms with Gasteiger partial charge in [0.1, 0.15) is 17.1 Å². The minimum Gasteiger partial charge on any atom is -0.496 e. The Labute approximate surface area is 137 Å². The molecule has 0 radical (unpaired) electrons. The van der Waals surface area contributed by atoms with Crippen molar-refractivity contribution < 1.29 is 23.6 Å². The van der Waals surface area contributed by atoms with E-state index >= 15 is 0 Å². The predicted molar refractivity (Wildman–Crippen MR) is 82.8 cm³/mol. The van der Waals surface area contributed by atoms with Gasteiger partial charge in [0.2, 0.25) is 0 Å². The molecule has 0 aliphatic heterocycles. The Bertz CT molecular complexity index is 728. The summed E-state index contributed by atoms with van der Waals surface area (Å²) in [5.74, 6) is -0.153. The van der Waals surface area contributed by atoms with Crippen molar-refractivity contribution >= 4 is 29.3 Å². The lowest BCUT2D eigenvalue weighted by atomic mass is 10.2. The van der Waals surface area contributed by atoms with Crippen molar-refractivity contribution in [1.82, 2.24) is 5.16 Å². The summed E-state index contributed by atoms with van der Waals surface area (Å²) in [6, 6.07) is 6.09. The van der Waals surface area contributed by atoms with Crippen LogP contribution < -0.4 is 10.1 Å². The molecule has 1 aromatic heterocycles. The van der Waals surface area contributed by atoms with Gasteiger partial charge in [0, 0.05) is 11.1 Å². The maximum Gasteiger partial charge on any atom is 0.342 e. The zero-order valence-electron chi connectivity index (χ0n) is 12.8. The number of methoxy groups -OCH3 is 1. The van der Waals surface area contributed by atoms with E-state index in [-0.39, 0.29) is 11.4 Å². The van der Waals surface area contributed by atoms with E-state index in [4.69, 9.17) is 25.6 Å². The van der Waals surface area contributed by atoms with Gasteiger partial charge in [0.05, 0.1) is 7.11 Å². The molecule has 7 nitrogen and oxygen atoms in total. The summed E-state index contributed by atoms with van der Waals surface area (Å²) < 4.78 is 15.0. The molecule has 2 aromatic rings. The summed E-state index contributed by atoms with van der Waals surface area (Å²) in [5.41, 5.74) is 0.136. The number of aryl methyl sites for hydroxylation is 1. The Morgan fingerprint density at radius 2 is 2.09 bits per heavy atom. The van der Waals surface area contributed by atoms with Crippen LogP contribution >= 0.6 is 11.6 Å². The summed E-state index contributed by atoms with van der Waals surface area (Å²) in [6.45, 7) is 3.13. The Morgan fingerprint density at radius 3 is 2.70 bits per heavy atom. The summed E-state index contributed by atoms with van der Waals surface area (Å²) in [4.78, 5) is 24.2. The van der Waals surface area contributed by atoms with Crippen LogP contribution in [0.2, 0.25) is 5.02 Å². The highest BCUT2D eigenvalue weighted by atomic mass is 35.5. The Morgan fingerprint density at radius 1 is 1.35 bits per heavy atom. The summed E-state index contributed by atoms with van der Waals surface area (Å²) >= 11 is 5.87. The topological polar surface area (TPSA) is 90.7 Å². The Kier molecular flexibility index (Phi) is 5.23. The number of nitrogens with zero attached hydrogens (tertiary/aromatic N) is 1. The third-order valence-electron chi connectivity index (χ3n) is 2.91. The maximum absolute atomic E-state index is 12.2. The molecule has 0 fully saturated rings. The fourth-order valence-electron chi connectivity index (χ4n) is 1.77. The number of amides is 1. The van der Waals surface area contributed by atoms with Gasteiger partial charge in [0.15, 0.2) is 11.9 Å². The van der Waals surface area contributed by atoms with Crippen LogP contribution in [0.1, 0.15) is 23.0 Å². The van der Waals surface area contributed by atoms with Crippen LogP contribution in [0.3, 0.4) is 0 Å². The monoisotopic (exact) mass is 338 g/mol. The molecule has 0 aliphatic carbocycles. The molecule has 1 amide bonds. The molecular weight excluding hydrogens is 324 g/mol. The van der Waals surface area contributed by atoms with E-state index in [0.717, 1.165) is 0 Å². The second kappa shape index (κ2) is 7.15. The van der Waals surface area contributed by atoms with Gasteiger partial charge in [-0.2, -0.15) is 0 Å². The number of anilines is 1. The Balaban J connectivity index is 2.04. The van der Waals surface area contributed by atoms with Gasteiger partial charge in [-0.1, -0.05) is 16.8 Å². The molecule has 0 unspecified atom stereocenters. The molecule has 0 bridgehead atoms. The number of rotatable bonds is 5. The van der Waals surface area contributed by atoms with Crippen LogP contribution in [-0.4, -0.2) is 30.2 Å². The number of ether oxygens (including phenoxy) is 2. The molecule has 0 saturated heterocycles.